The van der Waals surface area contributed by atoms with Crippen molar-refractivity contribution in [3.8, 4) is 0 Å². The summed E-state index contributed by atoms with van der Waals surface area (Å²) in [6.45, 7) is 2.51. The van der Waals surface area contributed by atoms with Gasteiger partial charge in [-0.25, -0.2) is 0 Å². The third-order valence-electron chi connectivity index (χ3n) is 6.39. The van der Waals surface area contributed by atoms with E-state index in [4.69, 9.17) is 5.84 Å². The molecule has 0 spiro atoms. The van der Waals surface area contributed by atoms with Crippen LogP contribution in [0.25, 0.3) is 0 Å². The Hall–Kier alpha value is -0.390. The van der Waals surface area contributed by atoms with E-state index < -0.39 is 0 Å². The number of rotatable bonds is 3. The molecule has 4 saturated carbocycles. The number of aromatic nitrogens is 2. The van der Waals surface area contributed by atoms with Gasteiger partial charge in [0.15, 0.2) is 0 Å². The molecule has 1 aromatic rings. The van der Waals surface area contributed by atoms with Crippen molar-refractivity contribution in [2.75, 3.05) is 0 Å². The van der Waals surface area contributed by atoms with E-state index in [0.29, 0.717) is 10.8 Å². The van der Waals surface area contributed by atoms with Crippen LogP contribution in [-0.4, -0.2) is 9.78 Å². The SMILES string of the molecule is Cn1ncc(Br)c1C(NN)C12CC3CC(CC(C)(C3)C1)C2. The first kappa shape index (κ1) is 14.2. The molecule has 4 fully saturated rings. The van der Waals surface area contributed by atoms with Crippen LogP contribution in [0.3, 0.4) is 0 Å². The van der Waals surface area contributed by atoms with Crippen LogP contribution in [0.1, 0.15) is 57.2 Å². The van der Waals surface area contributed by atoms with Gasteiger partial charge in [-0.15, -0.1) is 0 Å². The van der Waals surface area contributed by atoms with Gasteiger partial charge in [0.25, 0.3) is 0 Å². The van der Waals surface area contributed by atoms with Crippen molar-refractivity contribution in [1.29, 1.82) is 0 Å². The lowest BCUT2D eigenvalue weighted by atomic mass is 9.43. The van der Waals surface area contributed by atoms with Crippen molar-refractivity contribution in [2.24, 2.45) is 35.6 Å². The van der Waals surface area contributed by atoms with E-state index in [9.17, 15) is 0 Å². The van der Waals surface area contributed by atoms with Gasteiger partial charge in [-0.1, -0.05) is 6.92 Å². The molecule has 1 heterocycles. The smallest absolute Gasteiger partial charge is 0.0711 e. The fourth-order valence-corrected chi connectivity index (χ4v) is 7.00. The first-order chi connectivity index (χ1) is 9.95. The zero-order chi connectivity index (χ0) is 14.8. The molecule has 0 amide bonds. The Balaban J connectivity index is 1.77. The summed E-state index contributed by atoms with van der Waals surface area (Å²) in [5, 5.41) is 4.40. The van der Waals surface area contributed by atoms with E-state index in [1.807, 2.05) is 17.9 Å². The minimum Gasteiger partial charge on any atom is -0.271 e. The molecule has 0 aromatic carbocycles. The molecular weight excluding hydrogens is 328 g/mol. The van der Waals surface area contributed by atoms with Gasteiger partial charge in [0, 0.05) is 7.05 Å². The number of hydrogen-bond acceptors (Lipinski definition) is 3. The molecular formula is C16H25BrN4. The highest BCUT2D eigenvalue weighted by molar-refractivity contribution is 9.10. The zero-order valence-electron chi connectivity index (χ0n) is 12.9. The van der Waals surface area contributed by atoms with E-state index in [-0.39, 0.29) is 6.04 Å². The Kier molecular flexibility index (Phi) is 3.08. The molecule has 4 bridgehead atoms. The Labute approximate surface area is 134 Å². The fourth-order valence-electron chi connectivity index (χ4n) is 6.43. The summed E-state index contributed by atoms with van der Waals surface area (Å²) in [4.78, 5) is 0. The largest absolute Gasteiger partial charge is 0.271 e. The Morgan fingerprint density at radius 2 is 2.05 bits per heavy atom. The second kappa shape index (κ2) is 4.56. The molecule has 4 nitrogen and oxygen atoms in total. The molecule has 4 aliphatic rings. The maximum atomic E-state index is 6.05. The lowest BCUT2D eigenvalue weighted by molar-refractivity contribution is -0.120. The summed E-state index contributed by atoms with van der Waals surface area (Å²) in [7, 11) is 2.02. The van der Waals surface area contributed by atoms with Gasteiger partial charge in [0.05, 0.1) is 22.4 Å². The quantitative estimate of drug-likeness (QED) is 0.648. The van der Waals surface area contributed by atoms with Gasteiger partial charge < -0.3 is 0 Å². The molecule has 4 aliphatic carbocycles. The van der Waals surface area contributed by atoms with Crippen LogP contribution < -0.4 is 11.3 Å². The van der Waals surface area contributed by atoms with Crippen LogP contribution in [0.2, 0.25) is 0 Å². The van der Waals surface area contributed by atoms with Crippen LogP contribution in [0.4, 0.5) is 0 Å². The molecule has 3 N–H and O–H groups in total. The molecule has 5 rings (SSSR count). The summed E-state index contributed by atoms with van der Waals surface area (Å²) in [5.41, 5.74) is 5.22. The average Bonchev–Trinajstić information content (AvgIpc) is 2.68. The van der Waals surface area contributed by atoms with E-state index in [1.165, 1.54) is 44.2 Å². The maximum absolute atomic E-state index is 6.05. The first-order valence-corrected chi connectivity index (χ1v) is 8.88. The molecule has 0 aliphatic heterocycles. The van der Waals surface area contributed by atoms with Crippen LogP contribution in [0.5, 0.6) is 0 Å². The lowest BCUT2D eigenvalue weighted by Gasteiger charge is -2.63. The first-order valence-electron chi connectivity index (χ1n) is 8.08. The van der Waals surface area contributed by atoms with E-state index in [2.05, 4.69) is 33.4 Å². The van der Waals surface area contributed by atoms with Gasteiger partial charge in [-0.3, -0.25) is 16.0 Å². The Morgan fingerprint density at radius 1 is 1.38 bits per heavy atom. The predicted octanol–water partition coefficient (Wildman–Crippen LogP) is 3.29. The number of hydrazine groups is 1. The second-order valence-electron chi connectivity index (χ2n) is 8.24. The summed E-state index contributed by atoms with van der Waals surface area (Å²) >= 11 is 3.67. The van der Waals surface area contributed by atoms with Gasteiger partial charge in [0.1, 0.15) is 0 Å². The molecule has 3 unspecified atom stereocenters. The number of nitrogens with one attached hydrogen (secondary N) is 1. The standard InChI is InChI=1S/C16H25BrN4/c1-15-4-10-3-11(5-15)7-16(6-10,9-15)14(20-18)13-12(17)8-19-21(13)2/h8,10-11,14,20H,3-7,9,18H2,1-2H3. The number of aryl methyl sites for hydroxylation is 1. The van der Waals surface area contributed by atoms with E-state index in [0.717, 1.165) is 16.3 Å². The van der Waals surface area contributed by atoms with Gasteiger partial charge in [-0.05, 0) is 77.1 Å². The van der Waals surface area contributed by atoms with Crippen LogP contribution in [-0.2, 0) is 7.05 Å². The van der Waals surface area contributed by atoms with Crippen molar-refractivity contribution >= 4 is 15.9 Å². The molecule has 3 atom stereocenters. The van der Waals surface area contributed by atoms with E-state index >= 15 is 0 Å². The van der Waals surface area contributed by atoms with Gasteiger partial charge in [-0.2, -0.15) is 5.10 Å². The van der Waals surface area contributed by atoms with Crippen molar-refractivity contribution < 1.29 is 0 Å². The molecule has 0 saturated heterocycles. The summed E-state index contributed by atoms with van der Waals surface area (Å²) in [6, 6.07) is 0.199. The summed E-state index contributed by atoms with van der Waals surface area (Å²) < 4.78 is 3.06. The highest BCUT2D eigenvalue weighted by atomic mass is 79.9. The van der Waals surface area contributed by atoms with Crippen molar-refractivity contribution in [1.82, 2.24) is 15.2 Å². The van der Waals surface area contributed by atoms with Crippen molar-refractivity contribution in [2.45, 2.75) is 51.5 Å². The fraction of sp³-hybridized carbons (Fsp3) is 0.812. The Morgan fingerprint density at radius 3 is 2.52 bits per heavy atom. The van der Waals surface area contributed by atoms with Crippen molar-refractivity contribution in [3.63, 3.8) is 0 Å². The average molecular weight is 353 g/mol. The minimum absolute atomic E-state index is 0.199. The number of nitrogens with zero attached hydrogens (tertiary/aromatic N) is 2. The third-order valence-corrected chi connectivity index (χ3v) is 7.00. The number of hydrogen-bond donors (Lipinski definition) is 2. The summed E-state index contributed by atoms with van der Waals surface area (Å²) in [6.07, 6.45) is 10.1. The lowest BCUT2D eigenvalue weighted by Crippen LogP contribution is -2.56. The highest BCUT2D eigenvalue weighted by Gasteiger charge is 2.59. The molecule has 116 valence electrons. The predicted molar refractivity (Wildman–Crippen MR) is 86.2 cm³/mol. The third kappa shape index (κ3) is 2.04. The van der Waals surface area contributed by atoms with Crippen LogP contribution in [0, 0.1) is 22.7 Å². The zero-order valence-corrected chi connectivity index (χ0v) is 14.5. The molecule has 1 aromatic heterocycles. The minimum atomic E-state index is 0.199. The maximum Gasteiger partial charge on any atom is 0.0711 e. The van der Waals surface area contributed by atoms with Crippen molar-refractivity contribution in [3.05, 3.63) is 16.4 Å². The van der Waals surface area contributed by atoms with Gasteiger partial charge >= 0.3 is 0 Å². The van der Waals surface area contributed by atoms with E-state index in [1.54, 1.807) is 0 Å². The monoisotopic (exact) mass is 352 g/mol. The number of halogens is 1. The normalized spacial score (nSPS) is 42.5. The van der Waals surface area contributed by atoms with Gasteiger partial charge in [0.2, 0.25) is 0 Å². The highest BCUT2D eigenvalue weighted by Crippen LogP contribution is 2.68. The molecule has 21 heavy (non-hydrogen) atoms. The second-order valence-corrected chi connectivity index (χ2v) is 9.09. The van der Waals surface area contributed by atoms with Crippen LogP contribution >= 0.6 is 15.9 Å². The molecule has 5 heteroatoms. The number of nitrogens with two attached hydrogens (primary N) is 1. The molecule has 0 radical (unpaired) electrons. The summed E-state index contributed by atoms with van der Waals surface area (Å²) in [5.74, 6) is 7.86. The topological polar surface area (TPSA) is 55.9 Å². The Bertz CT molecular complexity index is 533. The van der Waals surface area contributed by atoms with Crippen LogP contribution in [0.15, 0.2) is 10.7 Å².